The molecule has 1 heterocycles. The Balaban J connectivity index is 2.08. The van der Waals surface area contributed by atoms with E-state index in [2.05, 4.69) is 48.3 Å². The molecule has 1 aromatic heterocycles. The van der Waals surface area contributed by atoms with E-state index in [0.29, 0.717) is 11.5 Å². The van der Waals surface area contributed by atoms with Crippen molar-refractivity contribution in [1.29, 1.82) is 0 Å². The fraction of sp³-hybridized carbons (Fsp3) is 0.421. The van der Waals surface area contributed by atoms with Gasteiger partial charge in [-0.3, -0.25) is 4.79 Å². The van der Waals surface area contributed by atoms with E-state index in [1.807, 2.05) is 24.3 Å². The highest BCUT2D eigenvalue weighted by Gasteiger charge is 2.19. The third kappa shape index (κ3) is 4.78. The molecule has 0 spiro atoms. The Labute approximate surface area is 143 Å². The molecule has 0 atom stereocenters. The fourth-order valence-electron chi connectivity index (χ4n) is 2.36. The van der Waals surface area contributed by atoms with E-state index < -0.39 is 0 Å². The molecule has 1 aromatic carbocycles. The van der Waals surface area contributed by atoms with E-state index in [1.54, 1.807) is 6.20 Å². The van der Waals surface area contributed by atoms with Gasteiger partial charge in [0.2, 0.25) is 0 Å². The average Bonchev–Trinajstić information content (AvgIpc) is 2.55. The first kappa shape index (κ1) is 17.9. The first-order valence-corrected chi connectivity index (χ1v) is 8.38. The summed E-state index contributed by atoms with van der Waals surface area (Å²) >= 11 is 0. The number of hydrogen-bond donors (Lipinski definition) is 2. The zero-order valence-electron chi connectivity index (χ0n) is 14.9. The number of anilines is 2. The summed E-state index contributed by atoms with van der Waals surface area (Å²) in [6, 6.07) is 7.83. The Morgan fingerprint density at radius 2 is 1.88 bits per heavy atom. The molecule has 0 aliphatic rings. The van der Waals surface area contributed by atoms with E-state index >= 15 is 0 Å². The number of unbranched alkanes of at least 4 members (excludes halogenated alkanes) is 1. The monoisotopic (exact) mass is 326 g/mol. The molecule has 0 saturated heterocycles. The zero-order chi connectivity index (χ0) is 17.6. The number of benzene rings is 1. The standard InChI is InChI=1S/C19H26N4O/c1-5-6-11-20-17-13-21-16(12-22-17)18(24)23-15-10-8-7-9-14(15)19(2,3)4/h7-10,12-13H,5-6,11H2,1-4H3,(H,20,22)(H,23,24). The Hall–Kier alpha value is -2.43. The van der Waals surface area contributed by atoms with Crippen molar-refractivity contribution in [3.8, 4) is 0 Å². The van der Waals surface area contributed by atoms with Crippen LogP contribution in [0, 0.1) is 0 Å². The minimum atomic E-state index is -0.251. The highest BCUT2D eigenvalue weighted by Crippen LogP contribution is 2.29. The normalized spacial score (nSPS) is 11.2. The number of amides is 1. The van der Waals surface area contributed by atoms with Crippen LogP contribution >= 0.6 is 0 Å². The minimum Gasteiger partial charge on any atom is -0.369 e. The number of aromatic nitrogens is 2. The van der Waals surface area contributed by atoms with Gasteiger partial charge in [-0.05, 0) is 23.5 Å². The fourth-order valence-corrected chi connectivity index (χ4v) is 2.36. The molecule has 0 unspecified atom stereocenters. The largest absolute Gasteiger partial charge is 0.369 e. The molecule has 0 radical (unpaired) electrons. The molecule has 5 nitrogen and oxygen atoms in total. The number of nitrogens with zero attached hydrogens (tertiary/aromatic N) is 2. The maximum absolute atomic E-state index is 12.4. The van der Waals surface area contributed by atoms with Gasteiger partial charge in [-0.1, -0.05) is 52.3 Å². The SMILES string of the molecule is CCCCNc1cnc(C(=O)Nc2ccccc2C(C)(C)C)cn1. The third-order valence-corrected chi connectivity index (χ3v) is 3.70. The first-order chi connectivity index (χ1) is 11.4. The van der Waals surface area contributed by atoms with E-state index in [4.69, 9.17) is 0 Å². The van der Waals surface area contributed by atoms with Crippen LogP contribution in [0.5, 0.6) is 0 Å². The molecule has 128 valence electrons. The van der Waals surface area contributed by atoms with Gasteiger partial charge in [0.05, 0.1) is 12.4 Å². The van der Waals surface area contributed by atoms with Gasteiger partial charge < -0.3 is 10.6 Å². The Bertz CT molecular complexity index is 675. The summed E-state index contributed by atoms with van der Waals surface area (Å²) < 4.78 is 0. The van der Waals surface area contributed by atoms with Crippen molar-refractivity contribution in [3.05, 3.63) is 47.9 Å². The van der Waals surface area contributed by atoms with Crippen molar-refractivity contribution >= 4 is 17.4 Å². The van der Waals surface area contributed by atoms with Crippen molar-refractivity contribution in [2.24, 2.45) is 0 Å². The lowest BCUT2D eigenvalue weighted by Crippen LogP contribution is -2.19. The van der Waals surface area contributed by atoms with Gasteiger partial charge in [-0.25, -0.2) is 9.97 Å². The number of nitrogens with one attached hydrogen (secondary N) is 2. The van der Waals surface area contributed by atoms with E-state index in [9.17, 15) is 4.79 Å². The molecule has 2 N–H and O–H groups in total. The summed E-state index contributed by atoms with van der Waals surface area (Å²) in [4.78, 5) is 20.9. The number of hydrogen-bond acceptors (Lipinski definition) is 4. The van der Waals surface area contributed by atoms with Crippen LogP contribution < -0.4 is 10.6 Å². The average molecular weight is 326 g/mol. The lowest BCUT2D eigenvalue weighted by atomic mass is 9.86. The summed E-state index contributed by atoms with van der Waals surface area (Å²) in [6.07, 6.45) is 5.30. The van der Waals surface area contributed by atoms with Gasteiger partial charge in [-0.2, -0.15) is 0 Å². The van der Waals surface area contributed by atoms with Crippen LogP contribution in [-0.4, -0.2) is 22.4 Å². The highest BCUT2D eigenvalue weighted by molar-refractivity contribution is 6.03. The number of carbonyl (C=O) groups is 1. The van der Waals surface area contributed by atoms with Crippen LogP contribution in [0.25, 0.3) is 0 Å². The lowest BCUT2D eigenvalue weighted by molar-refractivity contribution is 0.102. The van der Waals surface area contributed by atoms with E-state index in [0.717, 1.165) is 30.6 Å². The second kappa shape index (κ2) is 7.90. The minimum absolute atomic E-state index is 0.0530. The molecule has 1 amide bonds. The summed E-state index contributed by atoms with van der Waals surface area (Å²) in [5.41, 5.74) is 2.15. The van der Waals surface area contributed by atoms with Crippen molar-refractivity contribution in [3.63, 3.8) is 0 Å². The maximum atomic E-state index is 12.4. The summed E-state index contributed by atoms with van der Waals surface area (Å²) in [6.45, 7) is 9.35. The quantitative estimate of drug-likeness (QED) is 0.779. The van der Waals surface area contributed by atoms with Crippen molar-refractivity contribution in [2.75, 3.05) is 17.2 Å². The van der Waals surface area contributed by atoms with Crippen LogP contribution in [0.4, 0.5) is 11.5 Å². The topological polar surface area (TPSA) is 66.9 Å². The van der Waals surface area contributed by atoms with E-state index in [-0.39, 0.29) is 11.3 Å². The van der Waals surface area contributed by atoms with Crippen LogP contribution in [0.2, 0.25) is 0 Å². The van der Waals surface area contributed by atoms with Gasteiger partial charge in [0.25, 0.3) is 5.91 Å². The maximum Gasteiger partial charge on any atom is 0.275 e. The number of para-hydroxylation sites is 1. The molecule has 0 aliphatic heterocycles. The molecule has 0 saturated carbocycles. The van der Waals surface area contributed by atoms with E-state index in [1.165, 1.54) is 6.20 Å². The molecule has 2 aromatic rings. The smallest absolute Gasteiger partial charge is 0.275 e. The second-order valence-electron chi connectivity index (χ2n) is 6.82. The van der Waals surface area contributed by atoms with Crippen molar-refractivity contribution < 1.29 is 4.79 Å². The van der Waals surface area contributed by atoms with Gasteiger partial charge in [-0.15, -0.1) is 0 Å². The molecule has 0 fully saturated rings. The highest BCUT2D eigenvalue weighted by atomic mass is 16.1. The summed E-state index contributed by atoms with van der Waals surface area (Å²) in [5, 5.41) is 6.13. The molecule has 0 aliphatic carbocycles. The molecule has 5 heteroatoms. The molecule has 2 rings (SSSR count). The Morgan fingerprint density at radius 1 is 1.12 bits per heavy atom. The van der Waals surface area contributed by atoms with Crippen LogP contribution in [-0.2, 0) is 5.41 Å². The van der Waals surface area contributed by atoms with Gasteiger partial charge >= 0.3 is 0 Å². The number of rotatable bonds is 6. The first-order valence-electron chi connectivity index (χ1n) is 8.38. The molecular weight excluding hydrogens is 300 g/mol. The second-order valence-corrected chi connectivity index (χ2v) is 6.82. The zero-order valence-corrected chi connectivity index (χ0v) is 14.9. The number of carbonyl (C=O) groups excluding carboxylic acids is 1. The van der Waals surface area contributed by atoms with Crippen LogP contribution in [0.3, 0.4) is 0 Å². The van der Waals surface area contributed by atoms with Crippen molar-refractivity contribution in [1.82, 2.24) is 9.97 Å². The molecule has 0 bridgehead atoms. The van der Waals surface area contributed by atoms with Gasteiger partial charge in [0.1, 0.15) is 11.5 Å². The van der Waals surface area contributed by atoms with Gasteiger partial charge in [0, 0.05) is 12.2 Å². The molecular formula is C19H26N4O. The Kier molecular flexibility index (Phi) is 5.90. The molecule has 24 heavy (non-hydrogen) atoms. The van der Waals surface area contributed by atoms with Crippen LogP contribution in [0.15, 0.2) is 36.7 Å². The third-order valence-electron chi connectivity index (χ3n) is 3.70. The van der Waals surface area contributed by atoms with Crippen molar-refractivity contribution in [2.45, 2.75) is 46.0 Å². The summed E-state index contributed by atoms with van der Waals surface area (Å²) in [5.74, 6) is 0.439. The predicted octanol–water partition coefficient (Wildman–Crippen LogP) is 4.24. The van der Waals surface area contributed by atoms with Gasteiger partial charge in [0.15, 0.2) is 0 Å². The predicted molar refractivity (Wildman–Crippen MR) is 98.5 cm³/mol. The summed E-state index contributed by atoms with van der Waals surface area (Å²) in [7, 11) is 0. The lowest BCUT2D eigenvalue weighted by Gasteiger charge is -2.22. The Morgan fingerprint density at radius 3 is 2.50 bits per heavy atom. The van der Waals surface area contributed by atoms with Crippen LogP contribution in [0.1, 0.15) is 56.6 Å².